The van der Waals surface area contributed by atoms with E-state index in [1.807, 2.05) is 6.07 Å². The predicted molar refractivity (Wildman–Crippen MR) is 69.2 cm³/mol. The van der Waals surface area contributed by atoms with Gasteiger partial charge in [-0.15, -0.1) is 11.8 Å². The first-order chi connectivity index (χ1) is 8.54. The first kappa shape index (κ1) is 12.9. The molecule has 2 amide bonds. The average Bonchev–Trinajstić information content (AvgIpc) is 2.37. The van der Waals surface area contributed by atoms with Crippen molar-refractivity contribution in [2.24, 2.45) is 5.73 Å². The maximum atomic E-state index is 11.9. The summed E-state index contributed by atoms with van der Waals surface area (Å²) in [6, 6.07) is 4.68. The Labute approximate surface area is 109 Å². The monoisotopic (exact) mass is 266 g/mol. The largest absolute Gasteiger partial charge is 0.392 e. The third-order valence-corrected chi connectivity index (χ3v) is 3.93. The molecule has 0 spiro atoms. The fraction of sp³-hybridized carbons (Fsp3) is 0.333. The number of primary amides is 1. The Balaban J connectivity index is 2.48. The van der Waals surface area contributed by atoms with E-state index in [-0.39, 0.29) is 12.5 Å². The Morgan fingerprint density at radius 3 is 2.94 bits per heavy atom. The lowest BCUT2D eigenvalue weighted by Gasteiger charge is -2.32. The fourth-order valence-electron chi connectivity index (χ4n) is 1.87. The van der Waals surface area contributed by atoms with Crippen molar-refractivity contribution in [1.82, 2.24) is 0 Å². The summed E-state index contributed by atoms with van der Waals surface area (Å²) in [7, 11) is 0. The minimum absolute atomic E-state index is 0.106. The van der Waals surface area contributed by atoms with Crippen LogP contribution in [0.4, 0.5) is 5.69 Å². The number of carbonyl (C=O) groups excluding carboxylic acids is 2. The number of thioether (sulfide) groups is 1. The van der Waals surface area contributed by atoms with Crippen LogP contribution in [0, 0.1) is 0 Å². The third kappa shape index (κ3) is 2.21. The second-order valence-corrected chi connectivity index (χ2v) is 5.11. The standard InChI is InChI=1S/C12H14N2O3S/c1-7(12(13)17)14-9-4-8(5-15)2-3-10(9)18-6-11(14)16/h2-4,7,15H,5-6H2,1H3,(H2,13,17). The van der Waals surface area contributed by atoms with Crippen molar-refractivity contribution in [3.63, 3.8) is 0 Å². The fourth-order valence-corrected chi connectivity index (χ4v) is 2.75. The number of hydrogen-bond donors (Lipinski definition) is 2. The second kappa shape index (κ2) is 4.99. The highest BCUT2D eigenvalue weighted by Gasteiger charge is 2.31. The van der Waals surface area contributed by atoms with E-state index in [4.69, 9.17) is 10.8 Å². The molecule has 0 saturated carbocycles. The zero-order valence-corrected chi connectivity index (χ0v) is 10.7. The molecular weight excluding hydrogens is 252 g/mol. The van der Waals surface area contributed by atoms with E-state index in [1.54, 1.807) is 19.1 Å². The Bertz CT molecular complexity index is 504. The first-order valence-corrected chi connectivity index (χ1v) is 6.51. The topological polar surface area (TPSA) is 83.6 Å². The highest BCUT2D eigenvalue weighted by Crippen LogP contribution is 2.37. The van der Waals surface area contributed by atoms with Gasteiger partial charge in [0.15, 0.2) is 0 Å². The normalized spacial score (nSPS) is 16.3. The van der Waals surface area contributed by atoms with Crippen molar-refractivity contribution in [1.29, 1.82) is 0 Å². The van der Waals surface area contributed by atoms with Gasteiger partial charge in [0.1, 0.15) is 6.04 Å². The molecule has 3 N–H and O–H groups in total. The lowest BCUT2D eigenvalue weighted by Crippen LogP contribution is -2.48. The van der Waals surface area contributed by atoms with Gasteiger partial charge in [0.05, 0.1) is 18.0 Å². The van der Waals surface area contributed by atoms with Crippen LogP contribution in [0.25, 0.3) is 0 Å². The third-order valence-electron chi connectivity index (χ3n) is 2.88. The van der Waals surface area contributed by atoms with E-state index < -0.39 is 11.9 Å². The zero-order chi connectivity index (χ0) is 13.3. The lowest BCUT2D eigenvalue weighted by atomic mass is 10.1. The van der Waals surface area contributed by atoms with E-state index in [2.05, 4.69) is 0 Å². The second-order valence-electron chi connectivity index (χ2n) is 4.09. The number of anilines is 1. The van der Waals surface area contributed by atoms with Crippen LogP contribution in [0.1, 0.15) is 12.5 Å². The van der Waals surface area contributed by atoms with Gasteiger partial charge in [-0.2, -0.15) is 0 Å². The van der Waals surface area contributed by atoms with E-state index in [0.29, 0.717) is 17.0 Å². The summed E-state index contributed by atoms with van der Waals surface area (Å²) in [5.41, 5.74) is 6.61. The number of carbonyl (C=O) groups is 2. The SMILES string of the molecule is CC(C(N)=O)N1C(=O)CSc2ccc(CO)cc21. The zero-order valence-electron chi connectivity index (χ0n) is 9.92. The highest BCUT2D eigenvalue weighted by atomic mass is 32.2. The lowest BCUT2D eigenvalue weighted by molar-refractivity contribution is -0.123. The molecule has 1 heterocycles. The molecule has 0 aliphatic carbocycles. The van der Waals surface area contributed by atoms with Gasteiger partial charge in [-0.1, -0.05) is 6.07 Å². The van der Waals surface area contributed by atoms with Gasteiger partial charge in [0, 0.05) is 4.90 Å². The van der Waals surface area contributed by atoms with Crippen LogP contribution in [0.15, 0.2) is 23.1 Å². The molecule has 0 fully saturated rings. The van der Waals surface area contributed by atoms with Crippen LogP contribution < -0.4 is 10.6 Å². The maximum absolute atomic E-state index is 11.9. The summed E-state index contributed by atoms with van der Waals surface area (Å²) < 4.78 is 0. The summed E-state index contributed by atoms with van der Waals surface area (Å²) in [4.78, 5) is 25.5. The van der Waals surface area contributed by atoms with Crippen molar-refractivity contribution < 1.29 is 14.7 Å². The van der Waals surface area contributed by atoms with E-state index in [0.717, 1.165) is 4.90 Å². The molecule has 1 aliphatic rings. The minimum atomic E-state index is -0.689. The van der Waals surface area contributed by atoms with Crippen LogP contribution in [0.5, 0.6) is 0 Å². The average molecular weight is 266 g/mol. The maximum Gasteiger partial charge on any atom is 0.240 e. The van der Waals surface area contributed by atoms with Crippen molar-refractivity contribution in [3.05, 3.63) is 23.8 Å². The summed E-state index contributed by atoms with van der Waals surface area (Å²) >= 11 is 1.42. The number of rotatable bonds is 3. The van der Waals surface area contributed by atoms with Gasteiger partial charge in [0.2, 0.25) is 11.8 Å². The molecule has 2 rings (SSSR count). The smallest absolute Gasteiger partial charge is 0.240 e. The van der Waals surface area contributed by atoms with Gasteiger partial charge in [-0.25, -0.2) is 0 Å². The quantitative estimate of drug-likeness (QED) is 0.834. The molecule has 1 unspecified atom stereocenters. The number of hydrogen-bond acceptors (Lipinski definition) is 4. The number of fused-ring (bicyclic) bond motifs is 1. The molecule has 0 aromatic heterocycles. The molecule has 6 heteroatoms. The van der Waals surface area contributed by atoms with E-state index >= 15 is 0 Å². The number of aliphatic hydroxyl groups is 1. The van der Waals surface area contributed by atoms with E-state index in [1.165, 1.54) is 16.7 Å². The number of nitrogens with zero attached hydrogens (tertiary/aromatic N) is 1. The van der Waals surface area contributed by atoms with Gasteiger partial charge in [-0.3, -0.25) is 14.5 Å². The van der Waals surface area contributed by atoms with Crippen molar-refractivity contribution in [2.45, 2.75) is 24.5 Å². The van der Waals surface area contributed by atoms with Crippen LogP contribution in [-0.4, -0.2) is 28.7 Å². The molecule has 0 bridgehead atoms. The number of aliphatic hydroxyl groups excluding tert-OH is 1. The summed E-state index contributed by atoms with van der Waals surface area (Å²) in [6.07, 6.45) is 0. The Hall–Kier alpha value is -1.53. The molecule has 1 aromatic carbocycles. The number of nitrogens with two attached hydrogens (primary N) is 1. The number of benzene rings is 1. The van der Waals surface area contributed by atoms with Gasteiger partial charge < -0.3 is 10.8 Å². The van der Waals surface area contributed by atoms with Crippen LogP contribution in [0.3, 0.4) is 0 Å². The van der Waals surface area contributed by atoms with Crippen molar-refractivity contribution in [3.8, 4) is 0 Å². The molecule has 5 nitrogen and oxygen atoms in total. The summed E-state index contributed by atoms with van der Waals surface area (Å²) in [5.74, 6) is -0.396. The molecule has 1 atom stereocenters. The minimum Gasteiger partial charge on any atom is -0.392 e. The molecule has 0 saturated heterocycles. The Kier molecular flexibility index (Phi) is 3.58. The van der Waals surface area contributed by atoms with Crippen LogP contribution in [-0.2, 0) is 16.2 Å². The molecule has 1 aliphatic heterocycles. The summed E-state index contributed by atoms with van der Waals surface area (Å²) in [5, 5.41) is 9.14. The van der Waals surface area contributed by atoms with Crippen molar-refractivity contribution in [2.75, 3.05) is 10.7 Å². The van der Waals surface area contributed by atoms with Gasteiger partial charge >= 0.3 is 0 Å². The van der Waals surface area contributed by atoms with Crippen molar-refractivity contribution >= 4 is 29.3 Å². The van der Waals surface area contributed by atoms with Crippen LogP contribution >= 0.6 is 11.8 Å². The summed E-state index contributed by atoms with van der Waals surface area (Å²) in [6.45, 7) is 1.50. The molecule has 0 radical (unpaired) electrons. The Morgan fingerprint density at radius 2 is 2.33 bits per heavy atom. The van der Waals surface area contributed by atoms with Gasteiger partial charge in [-0.05, 0) is 24.6 Å². The predicted octanol–water partition coefficient (Wildman–Crippen LogP) is 0.491. The number of amides is 2. The molecule has 18 heavy (non-hydrogen) atoms. The highest BCUT2D eigenvalue weighted by molar-refractivity contribution is 8.00. The molecule has 96 valence electrons. The van der Waals surface area contributed by atoms with Gasteiger partial charge in [0.25, 0.3) is 0 Å². The molecular formula is C12H14N2O3S. The Morgan fingerprint density at radius 1 is 1.61 bits per heavy atom. The van der Waals surface area contributed by atoms with E-state index in [9.17, 15) is 9.59 Å². The first-order valence-electron chi connectivity index (χ1n) is 5.52. The molecule has 1 aromatic rings. The van der Waals surface area contributed by atoms with Crippen LogP contribution in [0.2, 0.25) is 0 Å².